The number of unbranched alkanes of at least 4 members (excludes halogenated alkanes) is 1. The molecule has 0 aliphatic heterocycles. The lowest BCUT2D eigenvalue weighted by atomic mass is 10.0. The van der Waals surface area contributed by atoms with Gasteiger partial charge < -0.3 is 20.3 Å². The van der Waals surface area contributed by atoms with Crippen LogP contribution in [0.5, 0.6) is 0 Å². The summed E-state index contributed by atoms with van der Waals surface area (Å²) < 4.78 is 34.4. The first kappa shape index (κ1) is 30.0. The fourth-order valence-corrected chi connectivity index (χ4v) is 4.05. The minimum absolute atomic E-state index is 0.0728. The van der Waals surface area contributed by atoms with Gasteiger partial charge in [0.1, 0.15) is 17.3 Å². The molecule has 3 aromatic rings. The van der Waals surface area contributed by atoms with Crippen LogP contribution in [0, 0.1) is 11.6 Å². The molecule has 0 radical (unpaired) electrons. The van der Waals surface area contributed by atoms with E-state index >= 15 is 0 Å². The average molecular weight is 584 g/mol. The molecule has 0 aliphatic carbocycles. The highest BCUT2D eigenvalue weighted by atomic mass is 35.5. The highest BCUT2D eigenvalue weighted by Crippen LogP contribution is 2.21. The van der Waals surface area contributed by atoms with Gasteiger partial charge in [-0.05, 0) is 36.6 Å². The van der Waals surface area contributed by atoms with Crippen LogP contribution in [0.25, 0.3) is 0 Å². The summed E-state index contributed by atoms with van der Waals surface area (Å²) in [6.45, 7) is 1.31. The van der Waals surface area contributed by atoms with Gasteiger partial charge in [0.15, 0.2) is 11.8 Å². The molecule has 1 heterocycles. The fourth-order valence-electron chi connectivity index (χ4n) is 3.64. The Kier molecular flexibility index (Phi) is 10.4. The number of aliphatic hydroxyl groups is 1. The van der Waals surface area contributed by atoms with E-state index in [4.69, 9.17) is 27.9 Å². The highest BCUT2D eigenvalue weighted by Gasteiger charge is 2.31. The minimum Gasteiger partial charge on any atom is -0.477 e. The van der Waals surface area contributed by atoms with Crippen LogP contribution >= 0.6 is 23.2 Å². The third kappa shape index (κ3) is 7.75. The van der Waals surface area contributed by atoms with Crippen molar-refractivity contribution < 1.29 is 38.1 Å². The van der Waals surface area contributed by atoms with Crippen molar-refractivity contribution in [3.8, 4) is 0 Å². The Balaban J connectivity index is 1.89. The zero-order valence-corrected chi connectivity index (χ0v) is 22.2. The number of amides is 1. The maximum Gasteiger partial charge on any atom is 0.354 e. The second-order valence-corrected chi connectivity index (χ2v) is 9.41. The predicted molar refractivity (Wildman–Crippen MR) is 138 cm³/mol. The smallest absolute Gasteiger partial charge is 0.354 e. The predicted octanol–water partition coefficient (Wildman–Crippen LogP) is 4.26. The molecule has 0 unspecified atom stereocenters. The normalized spacial score (nSPS) is 12.6. The van der Waals surface area contributed by atoms with E-state index in [2.05, 4.69) is 10.4 Å². The number of hydrogen-bond acceptors (Lipinski definition) is 6. The Morgan fingerprint density at radius 2 is 1.79 bits per heavy atom. The number of carbonyl (C=O) groups excluding carboxylic acids is 2. The molecule has 9 nitrogen and oxygen atoms in total. The molecule has 0 saturated carbocycles. The van der Waals surface area contributed by atoms with Gasteiger partial charge in [0.25, 0.3) is 5.91 Å². The number of esters is 1. The van der Waals surface area contributed by atoms with Crippen LogP contribution in [0.4, 0.5) is 8.78 Å². The molecule has 2 aromatic carbocycles. The third-order valence-electron chi connectivity index (χ3n) is 5.72. The van der Waals surface area contributed by atoms with Gasteiger partial charge in [0, 0.05) is 21.7 Å². The number of ether oxygens (including phenoxy) is 1. The summed E-state index contributed by atoms with van der Waals surface area (Å²) >= 11 is 11.9. The van der Waals surface area contributed by atoms with E-state index in [1.807, 2.05) is 6.92 Å². The van der Waals surface area contributed by atoms with E-state index in [0.717, 1.165) is 29.3 Å². The van der Waals surface area contributed by atoms with Crippen LogP contribution in [0.3, 0.4) is 0 Å². The molecule has 39 heavy (non-hydrogen) atoms. The maximum atomic E-state index is 14.3. The van der Waals surface area contributed by atoms with Crippen LogP contribution in [-0.2, 0) is 22.5 Å². The largest absolute Gasteiger partial charge is 0.477 e. The first-order chi connectivity index (χ1) is 18.5. The average Bonchev–Trinajstić information content (AvgIpc) is 3.31. The molecule has 0 spiro atoms. The number of carboxylic acid groups (broad SMARTS) is 1. The van der Waals surface area contributed by atoms with Gasteiger partial charge in [-0.2, -0.15) is 5.10 Å². The Morgan fingerprint density at radius 3 is 2.41 bits per heavy atom. The van der Waals surface area contributed by atoms with Crippen LogP contribution in [0.2, 0.25) is 10.0 Å². The van der Waals surface area contributed by atoms with E-state index in [0.29, 0.717) is 17.0 Å². The van der Waals surface area contributed by atoms with E-state index in [1.165, 1.54) is 0 Å². The highest BCUT2D eigenvalue weighted by molar-refractivity contribution is 6.31. The van der Waals surface area contributed by atoms with Crippen molar-refractivity contribution in [3.05, 3.63) is 86.7 Å². The third-order valence-corrected chi connectivity index (χ3v) is 6.31. The number of nitrogens with one attached hydrogen (secondary N) is 1. The number of benzene rings is 2. The van der Waals surface area contributed by atoms with E-state index in [1.54, 1.807) is 24.3 Å². The molecule has 3 rings (SSSR count). The fraction of sp³-hybridized carbons (Fsp3) is 0.308. The van der Waals surface area contributed by atoms with Crippen molar-refractivity contribution in [2.45, 2.75) is 44.9 Å². The molecule has 0 bridgehead atoms. The molecule has 3 N–H and O–H groups in total. The van der Waals surface area contributed by atoms with E-state index in [-0.39, 0.29) is 18.1 Å². The number of nitrogens with zero attached hydrogens (tertiary/aromatic N) is 2. The number of rotatable bonds is 12. The molecule has 0 saturated heterocycles. The van der Waals surface area contributed by atoms with Gasteiger partial charge in [-0.15, -0.1) is 0 Å². The van der Waals surface area contributed by atoms with Gasteiger partial charge in [-0.3, -0.25) is 9.48 Å². The summed E-state index contributed by atoms with van der Waals surface area (Å²) in [5, 5.41) is 26.8. The molecule has 2 atom stereocenters. The van der Waals surface area contributed by atoms with Crippen molar-refractivity contribution in [2.24, 2.45) is 0 Å². The second-order valence-electron chi connectivity index (χ2n) is 8.57. The number of hydrogen-bond donors (Lipinski definition) is 3. The number of carbonyl (C=O) groups is 3. The van der Waals surface area contributed by atoms with Crippen molar-refractivity contribution in [2.75, 3.05) is 6.61 Å². The zero-order valence-electron chi connectivity index (χ0n) is 20.7. The van der Waals surface area contributed by atoms with Crippen LogP contribution in [0.15, 0.2) is 42.5 Å². The van der Waals surface area contributed by atoms with Gasteiger partial charge in [0.05, 0.1) is 19.2 Å². The summed E-state index contributed by atoms with van der Waals surface area (Å²) in [7, 11) is 0. The topological polar surface area (TPSA) is 131 Å². The van der Waals surface area contributed by atoms with Crippen LogP contribution in [0.1, 0.15) is 51.9 Å². The second kappa shape index (κ2) is 13.5. The Labute approximate surface area is 232 Å². The molecule has 208 valence electrons. The van der Waals surface area contributed by atoms with E-state index < -0.39 is 65.1 Å². The van der Waals surface area contributed by atoms with Crippen molar-refractivity contribution >= 4 is 41.0 Å². The van der Waals surface area contributed by atoms with Gasteiger partial charge in [-0.1, -0.05) is 54.7 Å². The molecule has 0 aliphatic rings. The molecule has 1 amide bonds. The summed E-state index contributed by atoms with van der Waals surface area (Å²) in [6, 6.07) is 7.98. The zero-order chi connectivity index (χ0) is 28.7. The molecular weight excluding hydrogens is 559 g/mol. The van der Waals surface area contributed by atoms with Crippen molar-refractivity contribution in [1.82, 2.24) is 15.1 Å². The van der Waals surface area contributed by atoms with Gasteiger partial charge in [-0.25, -0.2) is 18.4 Å². The monoisotopic (exact) mass is 583 g/mol. The Hall–Kier alpha value is -3.54. The SMILES string of the molecule is CCCCOC(=O)[C@H](O)[C@@H](Cc1ccccc1Cl)NC(=O)c1cc(C(=O)O)n(Cc2c(F)cc(Cl)cc2F)n1. The summed E-state index contributed by atoms with van der Waals surface area (Å²) in [5.74, 6) is -5.48. The number of halogens is 4. The lowest BCUT2D eigenvalue weighted by Crippen LogP contribution is -2.49. The lowest BCUT2D eigenvalue weighted by Gasteiger charge is -2.23. The Morgan fingerprint density at radius 1 is 1.13 bits per heavy atom. The first-order valence-electron chi connectivity index (χ1n) is 11.8. The van der Waals surface area contributed by atoms with Gasteiger partial charge in [0.2, 0.25) is 0 Å². The van der Waals surface area contributed by atoms with Crippen molar-refractivity contribution in [3.63, 3.8) is 0 Å². The number of aromatic nitrogens is 2. The summed E-state index contributed by atoms with van der Waals surface area (Å²) in [6.07, 6.45) is -0.546. The quantitative estimate of drug-likeness (QED) is 0.214. The minimum atomic E-state index is -1.79. The Bertz CT molecular complexity index is 1340. The van der Waals surface area contributed by atoms with Gasteiger partial charge >= 0.3 is 11.9 Å². The van der Waals surface area contributed by atoms with Crippen molar-refractivity contribution in [1.29, 1.82) is 0 Å². The number of aromatic carboxylic acids is 1. The maximum absolute atomic E-state index is 14.3. The molecule has 0 fully saturated rings. The standard InChI is InChI=1S/C26H25Cl2F2N3O6/c1-2-3-8-39-26(38)23(34)20(9-14-6-4-5-7-17(14)28)31-24(35)21-12-22(25(36)37)33(32-21)13-16-18(29)10-15(27)11-19(16)30/h4-7,10-12,20,23,34H,2-3,8-9,13H2,1H3,(H,31,35)(H,36,37)/t20-,23-/m1/s1. The number of aliphatic hydroxyl groups excluding tert-OH is 1. The first-order valence-corrected chi connectivity index (χ1v) is 12.6. The molecule has 1 aromatic heterocycles. The van der Waals surface area contributed by atoms with Crippen LogP contribution < -0.4 is 5.32 Å². The van der Waals surface area contributed by atoms with Crippen LogP contribution in [-0.4, -0.2) is 56.6 Å². The summed E-state index contributed by atoms with van der Waals surface area (Å²) in [5.41, 5.74) is -0.969. The van der Waals surface area contributed by atoms with E-state index in [9.17, 15) is 33.4 Å². The number of carboxylic acids is 1. The molecular formula is C26H25Cl2F2N3O6. The lowest BCUT2D eigenvalue weighted by molar-refractivity contribution is -0.155. The summed E-state index contributed by atoms with van der Waals surface area (Å²) in [4.78, 5) is 37.3. The molecule has 13 heteroatoms.